The lowest BCUT2D eigenvalue weighted by molar-refractivity contribution is -0.384. The molecule has 0 aliphatic carbocycles. The first kappa shape index (κ1) is 22.3. The Morgan fingerprint density at radius 3 is 2.48 bits per heavy atom. The van der Waals surface area contributed by atoms with Crippen LogP contribution in [0.1, 0.15) is 16.7 Å². The topological polar surface area (TPSA) is 76.2 Å². The van der Waals surface area contributed by atoms with Gasteiger partial charge in [-0.1, -0.05) is 59.6 Å². The maximum atomic E-state index is 11.0. The zero-order valence-electron chi connectivity index (χ0n) is 17.2. The third-order valence-electron chi connectivity index (χ3n) is 5.13. The van der Waals surface area contributed by atoms with Crippen molar-refractivity contribution in [2.45, 2.75) is 6.61 Å². The number of benzene rings is 4. The van der Waals surface area contributed by atoms with Crippen molar-refractivity contribution in [3.05, 3.63) is 116 Å². The summed E-state index contributed by atoms with van der Waals surface area (Å²) in [4.78, 5) is 10.5. The van der Waals surface area contributed by atoms with Crippen molar-refractivity contribution >= 4 is 51.3 Å². The van der Waals surface area contributed by atoms with Gasteiger partial charge >= 0.3 is 0 Å². The Hall–Kier alpha value is -3.85. The van der Waals surface area contributed by atoms with Crippen LogP contribution in [0.15, 0.2) is 78.9 Å². The molecule has 0 aromatic heterocycles. The first-order valence-corrected chi connectivity index (χ1v) is 10.7. The summed E-state index contributed by atoms with van der Waals surface area (Å²) in [5.41, 5.74) is 2.40. The van der Waals surface area contributed by atoms with E-state index in [1.54, 1.807) is 36.4 Å². The third-order valence-corrected chi connectivity index (χ3v) is 5.71. The SMILES string of the molecule is N#C/C(=C/c1c(OCc2ccc(Cl)cc2Cl)ccc2ccccc12)c1ccc([N+](=O)[O-])cc1. The van der Waals surface area contributed by atoms with Crippen LogP contribution in [0.25, 0.3) is 22.4 Å². The van der Waals surface area contributed by atoms with Gasteiger partial charge in [0.1, 0.15) is 12.4 Å². The number of nitrogens with zero attached hydrogens (tertiary/aromatic N) is 2. The highest BCUT2D eigenvalue weighted by Crippen LogP contribution is 2.33. The summed E-state index contributed by atoms with van der Waals surface area (Å²) in [6, 6.07) is 24.9. The molecule has 0 atom stereocenters. The van der Waals surface area contributed by atoms with Crippen LogP contribution in [0.3, 0.4) is 0 Å². The van der Waals surface area contributed by atoms with Crippen LogP contribution in [-0.2, 0) is 6.61 Å². The number of allylic oxidation sites excluding steroid dienone is 1. The van der Waals surface area contributed by atoms with Gasteiger partial charge in [0.15, 0.2) is 0 Å². The van der Waals surface area contributed by atoms with Crippen molar-refractivity contribution < 1.29 is 9.66 Å². The number of rotatable bonds is 6. The molecule has 0 amide bonds. The van der Waals surface area contributed by atoms with Crippen LogP contribution >= 0.6 is 23.2 Å². The number of halogens is 2. The van der Waals surface area contributed by atoms with Gasteiger partial charge in [0, 0.05) is 33.3 Å². The zero-order chi connectivity index (χ0) is 23.4. The Bertz CT molecular complexity index is 1420. The van der Waals surface area contributed by atoms with Crippen LogP contribution < -0.4 is 4.74 Å². The van der Waals surface area contributed by atoms with Gasteiger partial charge in [0.25, 0.3) is 5.69 Å². The van der Waals surface area contributed by atoms with E-state index >= 15 is 0 Å². The van der Waals surface area contributed by atoms with Crippen LogP contribution in [0.2, 0.25) is 10.0 Å². The van der Waals surface area contributed by atoms with Crippen molar-refractivity contribution in [3.63, 3.8) is 0 Å². The second-order valence-electron chi connectivity index (χ2n) is 7.20. The second-order valence-corrected chi connectivity index (χ2v) is 8.04. The third kappa shape index (κ3) is 4.98. The van der Waals surface area contributed by atoms with Crippen molar-refractivity contribution in [1.29, 1.82) is 5.26 Å². The normalized spacial score (nSPS) is 11.2. The van der Waals surface area contributed by atoms with E-state index in [-0.39, 0.29) is 12.3 Å². The van der Waals surface area contributed by atoms with E-state index in [1.807, 2.05) is 36.4 Å². The predicted octanol–water partition coefficient (Wildman–Crippen LogP) is 7.70. The molecule has 5 nitrogen and oxygen atoms in total. The van der Waals surface area contributed by atoms with Crippen LogP contribution in [0, 0.1) is 21.4 Å². The average molecular weight is 475 g/mol. The maximum absolute atomic E-state index is 11.0. The number of nitro groups is 1. The summed E-state index contributed by atoms with van der Waals surface area (Å²) in [6.07, 6.45) is 1.74. The first-order chi connectivity index (χ1) is 16.0. The number of fused-ring (bicyclic) bond motifs is 1. The van der Waals surface area contributed by atoms with E-state index < -0.39 is 4.92 Å². The fourth-order valence-electron chi connectivity index (χ4n) is 3.43. The maximum Gasteiger partial charge on any atom is 0.269 e. The highest BCUT2D eigenvalue weighted by molar-refractivity contribution is 6.35. The molecule has 0 radical (unpaired) electrons. The Kier molecular flexibility index (Phi) is 6.60. The Morgan fingerprint density at radius 2 is 1.79 bits per heavy atom. The Morgan fingerprint density at radius 1 is 1.03 bits per heavy atom. The predicted molar refractivity (Wildman–Crippen MR) is 131 cm³/mol. The Labute approximate surface area is 200 Å². The summed E-state index contributed by atoms with van der Waals surface area (Å²) >= 11 is 12.3. The van der Waals surface area contributed by atoms with E-state index in [2.05, 4.69) is 6.07 Å². The molecule has 4 rings (SSSR count). The van der Waals surface area contributed by atoms with Gasteiger partial charge < -0.3 is 4.74 Å². The quantitative estimate of drug-likeness (QED) is 0.124. The molecule has 4 aromatic carbocycles. The second kappa shape index (κ2) is 9.74. The molecular formula is C26H16Cl2N2O3. The van der Waals surface area contributed by atoms with E-state index in [0.717, 1.165) is 21.9 Å². The fraction of sp³-hybridized carbons (Fsp3) is 0.0385. The Balaban J connectivity index is 1.77. The molecule has 0 unspecified atom stereocenters. The number of nitro benzene ring substituents is 1. The first-order valence-electron chi connectivity index (χ1n) is 9.91. The molecule has 0 N–H and O–H groups in total. The van der Waals surface area contributed by atoms with E-state index in [0.29, 0.717) is 26.9 Å². The van der Waals surface area contributed by atoms with Crippen LogP contribution in [0.4, 0.5) is 5.69 Å². The van der Waals surface area contributed by atoms with Crippen molar-refractivity contribution in [2.24, 2.45) is 0 Å². The van der Waals surface area contributed by atoms with E-state index in [4.69, 9.17) is 27.9 Å². The highest BCUT2D eigenvalue weighted by Gasteiger charge is 2.12. The minimum Gasteiger partial charge on any atom is -0.488 e. The molecule has 0 heterocycles. The average Bonchev–Trinajstić information content (AvgIpc) is 2.82. The monoisotopic (exact) mass is 474 g/mol. The molecule has 0 bridgehead atoms. The lowest BCUT2D eigenvalue weighted by Crippen LogP contribution is -1.99. The van der Waals surface area contributed by atoms with Gasteiger partial charge in [0.2, 0.25) is 0 Å². The molecule has 33 heavy (non-hydrogen) atoms. The van der Waals surface area contributed by atoms with Gasteiger partial charge in [0.05, 0.1) is 16.6 Å². The molecule has 0 aliphatic rings. The minimum absolute atomic E-state index is 0.0370. The minimum atomic E-state index is -0.474. The largest absolute Gasteiger partial charge is 0.488 e. The fourth-order valence-corrected chi connectivity index (χ4v) is 3.89. The summed E-state index contributed by atoms with van der Waals surface area (Å²) < 4.78 is 6.11. The van der Waals surface area contributed by atoms with Gasteiger partial charge in [-0.05, 0) is 52.7 Å². The van der Waals surface area contributed by atoms with E-state index in [9.17, 15) is 15.4 Å². The van der Waals surface area contributed by atoms with Gasteiger partial charge in [-0.2, -0.15) is 5.26 Å². The lowest BCUT2D eigenvalue weighted by Gasteiger charge is -2.14. The number of ether oxygens (including phenoxy) is 1. The molecular weight excluding hydrogens is 459 g/mol. The standard InChI is InChI=1S/C26H16Cl2N2O3/c27-21-9-5-19(25(28)14-21)16-33-26-12-8-18-3-1-2-4-23(18)24(26)13-20(15-29)17-6-10-22(11-7-17)30(31)32/h1-14H,16H2/b20-13-. The molecule has 4 aromatic rings. The molecule has 7 heteroatoms. The molecule has 0 saturated carbocycles. The van der Waals surface area contributed by atoms with Gasteiger partial charge in [-0.25, -0.2) is 0 Å². The number of non-ortho nitro benzene ring substituents is 1. The number of nitriles is 1. The number of hydrogen-bond donors (Lipinski definition) is 0. The van der Waals surface area contributed by atoms with Gasteiger partial charge in [-0.3, -0.25) is 10.1 Å². The van der Waals surface area contributed by atoms with Crippen LogP contribution in [0.5, 0.6) is 5.75 Å². The van der Waals surface area contributed by atoms with Crippen molar-refractivity contribution in [1.82, 2.24) is 0 Å². The molecule has 162 valence electrons. The van der Waals surface area contributed by atoms with Crippen molar-refractivity contribution in [3.8, 4) is 11.8 Å². The molecule has 0 aliphatic heterocycles. The zero-order valence-corrected chi connectivity index (χ0v) is 18.7. The molecule has 0 spiro atoms. The molecule has 0 fully saturated rings. The summed E-state index contributed by atoms with van der Waals surface area (Å²) in [7, 11) is 0. The summed E-state index contributed by atoms with van der Waals surface area (Å²) in [6.45, 7) is 0.217. The highest BCUT2D eigenvalue weighted by atomic mass is 35.5. The smallest absolute Gasteiger partial charge is 0.269 e. The summed E-state index contributed by atoms with van der Waals surface area (Å²) in [5, 5.41) is 23.7. The van der Waals surface area contributed by atoms with E-state index in [1.165, 1.54) is 12.1 Å². The van der Waals surface area contributed by atoms with Crippen LogP contribution in [-0.4, -0.2) is 4.92 Å². The molecule has 0 saturated heterocycles. The number of hydrogen-bond acceptors (Lipinski definition) is 4. The van der Waals surface area contributed by atoms with Crippen molar-refractivity contribution in [2.75, 3.05) is 0 Å². The van der Waals surface area contributed by atoms with Gasteiger partial charge in [-0.15, -0.1) is 0 Å². The lowest BCUT2D eigenvalue weighted by atomic mass is 9.98. The summed E-state index contributed by atoms with van der Waals surface area (Å²) in [5.74, 6) is 0.578.